The molecule has 0 bridgehead atoms. The molecule has 0 fully saturated rings. The van der Waals surface area contributed by atoms with Gasteiger partial charge in [0.2, 0.25) is 0 Å². The molecule has 0 aliphatic rings. The Hall–Kier alpha value is -3.66. The maximum Gasteiger partial charge on any atom is 0.338 e. The number of thiazole rings is 1. The van der Waals surface area contributed by atoms with Crippen molar-refractivity contribution in [2.24, 2.45) is 0 Å². The van der Waals surface area contributed by atoms with Crippen molar-refractivity contribution in [2.45, 2.75) is 6.61 Å². The standard InChI is InChI=1S/C19H17N3O6S/c1-26-16-6-4-11(8-17(16)27-2)18-21-13(10-29-18)9-28-19(23)12-3-5-14(20)15(7-12)22(24)25/h3-8,10H,9,20H2,1-2H3. The van der Waals surface area contributed by atoms with Gasteiger partial charge in [-0.25, -0.2) is 9.78 Å². The zero-order valence-electron chi connectivity index (χ0n) is 15.6. The first kappa shape index (κ1) is 20.1. The second-order valence-electron chi connectivity index (χ2n) is 5.82. The Morgan fingerprint density at radius 3 is 2.62 bits per heavy atom. The zero-order valence-corrected chi connectivity index (χ0v) is 16.4. The van der Waals surface area contributed by atoms with E-state index in [1.165, 1.54) is 23.5 Å². The number of ether oxygens (including phenoxy) is 3. The van der Waals surface area contributed by atoms with Crippen molar-refractivity contribution in [2.75, 3.05) is 20.0 Å². The minimum absolute atomic E-state index is 0.0226. The SMILES string of the molecule is COc1ccc(-c2nc(COC(=O)c3ccc(N)c([N+](=O)[O-])c3)cs2)cc1OC. The highest BCUT2D eigenvalue weighted by atomic mass is 32.1. The molecule has 10 heteroatoms. The third-order valence-corrected chi connectivity index (χ3v) is 4.94. The van der Waals surface area contributed by atoms with E-state index in [0.717, 1.165) is 16.6 Å². The van der Waals surface area contributed by atoms with Crippen molar-refractivity contribution in [3.05, 3.63) is 63.1 Å². The van der Waals surface area contributed by atoms with Gasteiger partial charge in [0, 0.05) is 17.0 Å². The van der Waals surface area contributed by atoms with Crippen LogP contribution in [0.5, 0.6) is 11.5 Å². The van der Waals surface area contributed by atoms with E-state index >= 15 is 0 Å². The van der Waals surface area contributed by atoms with E-state index in [-0.39, 0.29) is 23.5 Å². The first-order valence-corrected chi connectivity index (χ1v) is 9.18. The number of benzene rings is 2. The van der Waals surface area contributed by atoms with E-state index < -0.39 is 10.9 Å². The molecule has 150 valence electrons. The van der Waals surface area contributed by atoms with Crippen molar-refractivity contribution < 1.29 is 23.9 Å². The summed E-state index contributed by atoms with van der Waals surface area (Å²) in [5.74, 6) is 0.492. The molecule has 3 rings (SSSR count). The summed E-state index contributed by atoms with van der Waals surface area (Å²) < 4.78 is 15.7. The van der Waals surface area contributed by atoms with E-state index in [0.29, 0.717) is 17.2 Å². The minimum atomic E-state index is -0.700. The van der Waals surface area contributed by atoms with Crippen LogP contribution in [-0.2, 0) is 11.3 Å². The monoisotopic (exact) mass is 415 g/mol. The van der Waals surface area contributed by atoms with Gasteiger partial charge in [0.15, 0.2) is 11.5 Å². The number of nitro groups is 1. The van der Waals surface area contributed by atoms with Crippen molar-refractivity contribution in [3.63, 3.8) is 0 Å². The summed E-state index contributed by atoms with van der Waals surface area (Å²) in [5, 5.41) is 13.4. The highest BCUT2D eigenvalue weighted by Crippen LogP contribution is 2.33. The van der Waals surface area contributed by atoms with Gasteiger partial charge in [-0.2, -0.15) is 0 Å². The van der Waals surface area contributed by atoms with Crippen molar-refractivity contribution in [1.29, 1.82) is 0 Å². The largest absolute Gasteiger partial charge is 0.493 e. The summed E-state index contributed by atoms with van der Waals surface area (Å²) in [6, 6.07) is 9.20. The predicted molar refractivity (Wildman–Crippen MR) is 107 cm³/mol. The molecule has 0 spiro atoms. The zero-order chi connectivity index (χ0) is 21.0. The van der Waals surface area contributed by atoms with E-state index in [4.69, 9.17) is 19.9 Å². The number of anilines is 1. The first-order valence-electron chi connectivity index (χ1n) is 8.30. The van der Waals surface area contributed by atoms with E-state index in [2.05, 4.69) is 4.98 Å². The summed E-state index contributed by atoms with van der Waals surface area (Å²) in [6.45, 7) is -0.0687. The molecule has 2 aromatic carbocycles. The normalized spacial score (nSPS) is 10.4. The van der Waals surface area contributed by atoms with Crippen LogP contribution in [0, 0.1) is 10.1 Å². The fraction of sp³-hybridized carbons (Fsp3) is 0.158. The van der Waals surface area contributed by atoms with Gasteiger partial charge in [-0.15, -0.1) is 11.3 Å². The quantitative estimate of drug-likeness (QED) is 0.268. The van der Waals surface area contributed by atoms with Crippen LogP contribution in [0.2, 0.25) is 0 Å². The second kappa shape index (κ2) is 8.57. The van der Waals surface area contributed by atoms with Crippen LogP contribution < -0.4 is 15.2 Å². The highest BCUT2D eigenvalue weighted by Gasteiger charge is 2.17. The van der Waals surface area contributed by atoms with Crippen LogP contribution >= 0.6 is 11.3 Å². The molecule has 0 aliphatic carbocycles. The van der Waals surface area contributed by atoms with E-state index in [1.807, 2.05) is 6.07 Å². The molecule has 0 saturated carbocycles. The number of rotatable bonds is 7. The molecule has 1 heterocycles. The topological polar surface area (TPSA) is 127 Å². The highest BCUT2D eigenvalue weighted by molar-refractivity contribution is 7.13. The molecule has 2 N–H and O–H groups in total. The van der Waals surface area contributed by atoms with E-state index in [9.17, 15) is 14.9 Å². The number of hydrogen-bond acceptors (Lipinski definition) is 9. The molecule has 0 radical (unpaired) electrons. The fourth-order valence-electron chi connectivity index (χ4n) is 2.53. The number of nitro benzene ring substituents is 1. The second-order valence-corrected chi connectivity index (χ2v) is 6.68. The van der Waals surface area contributed by atoms with Gasteiger partial charge in [0.1, 0.15) is 17.3 Å². The number of carbonyl (C=O) groups is 1. The number of nitrogens with zero attached hydrogens (tertiary/aromatic N) is 2. The Bertz CT molecular complexity index is 1070. The average molecular weight is 415 g/mol. The van der Waals surface area contributed by atoms with Gasteiger partial charge >= 0.3 is 5.97 Å². The number of hydrogen-bond donors (Lipinski definition) is 1. The molecule has 0 aliphatic heterocycles. The molecular weight excluding hydrogens is 398 g/mol. The van der Waals surface area contributed by atoms with Gasteiger partial charge in [-0.05, 0) is 30.3 Å². The predicted octanol–water partition coefficient (Wildman–Crippen LogP) is 3.67. The molecular formula is C19H17N3O6S. The molecule has 0 unspecified atom stereocenters. The first-order chi connectivity index (χ1) is 13.9. The van der Waals surface area contributed by atoms with Crippen molar-refractivity contribution >= 4 is 28.7 Å². The van der Waals surface area contributed by atoms with Crippen molar-refractivity contribution in [1.82, 2.24) is 4.98 Å². The van der Waals surface area contributed by atoms with Crippen LogP contribution in [0.3, 0.4) is 0 Å². The Balaban J connectivity index is 1.70. The lowest BCUT2D eigenvalue weighted by Crippen LogP contribution is -2.07. The lowest BCUT2D eigenvalue weighted by atomic mass is 10.2. The van der Waals surface area contributed by atoms with Crippen LogP contribution in [0.25, 0.3) is 10.6 Å². The molecule has 0 atom stereocenters. The summed E-state index contributed by atoms with van der Waals surface area (Å²) >= 11 is 1.39. The Kier molecular flexibility index (Phi) is 5.93. The lowest BCUT2D eigenvalue weighted by Gasteiger charge is -2.08. The summed E-state index contributed by atoms with van der Waals surface area (Å²) in [5.41, 5.74) is 6.60. The van der Waals surface area contributed by atoms with Crippen LogP contribution in [-0.4, -0.2) is 30.1 Å². The maximum absolute atomic E-state index is 12.2. The molecule has 0 saturated heterocycles. The maximum atomic E-state index is 12.2. The lowest BCUT2D eigenvalue weighted by molar-refractivity contribution is -0.383. The number of esters is 1. The van der Waals surface area contributed by atoms with Gasteiger partial charge < -0.3 is 19.9 Å². The van der Waals surface area contributed by atoms with Gasteiger partial charge in [-0.1, -0.05) is 0 Å². The molecule has 3 aromatic rings. The van der Waals surface area contributed by atoms with Crippen LogP contribution in [0.4, 0.5) is 11.4 Å². The molecule has 9 nitrogen and oxygen atoms in total. The fourth-order valence-corrected chi connectivity index (χ4v) is 3.33. The van der Waals surface area contributed by atoms with Gasteiger partial charge in [0.25, 0.3) is 5.69 Å². The van der Waals surface area contributed by atoms with E-state index in [1.54, 1.807) is 31.7 Å². The third kappa shape index (κ3) is 4.43. The average Bonchev–Trinajstić information content (AvgIpc) is 3.20. The number of methoxy groups -OCH3 is 2. The van der Waals surface area contributed by atoms with Crippen molar-refractivity contribution in [3.8, 4) is 22.1 Å². The summed E-state index contributed by atoms with van der Waals surface area (Å²) in [4.78, 5) is 26.9. The minimum Gasteiger partial charge on any atom is -0.493 e. The van der Waals surface area contributed by atoms with Gasteiger partial charge in [0.05, 0.1) is 30.4 Å². The number of nitrogen functional groups attached to an aromatic ring is 1. The Labute approximate surface area is 169 Å². The Morgan fingerprint density at radius 1 is 1.17 bits per heavy atom. The molecule has 1 aromatic heterocycles. The van der Waals surface area contributed by atoms with Crippen LogP contribution in [0.1, 0.15) is 16.1 Å². The smallest absolute Gasteiger partial charge is 0.338 e. The number of carbonyl (C=O) groups excluding carboxylic acids is 1. The summed E-state index contributed by atoms with van der Waals surface area (Å²) in [7, 11) is 3.11. The number of aromatic nitrogens is 1. The summed E-state index contributed by atoms with van der Waals surface area (Å²) in [6.07, 6.45) is 0. The third-order valence-electron chi connectivity index (χ3n) is 4.00. The van der Waals surface area contributed by atoms with Crippen LogP contribution in [0.15, 0.2) is 41.8 Å². The number of nitrogens with two attached hydrogens (primary N) is 1. The molecule has 0 amide bonds. The Morgan fingerprint density at radius 2 is 1.93 bits per heavy atom. The molecule has 29 heavy (non-hydrogen) atoms. The van der Waals surface area contributed by atoms with Gasteiger partial charge in [-0.3, -0.25) is 10.1 Å².